The van der Waals surface area contributed by atoms with Crippen molar-refractivity contribution in [1.29, 1.82) is 0 Å². The number of hydrogen-bond donors (Lipinski definition) is 8. The van der Waals surface area contributed by atoms with Crippen LogP contribution >= 0.6 is 0 Å². The maximum absolute atomic E-state index is 13.7. The van der Waals surface area contributed by atoms with Crippen molar-refractivity contribution in [3.8, 4) is 51.6 Å². The van der Waals surface area contributed by atoms with Crippen LogP contribution < -0.4 is 14.9 Å². The average molecular weight is 641 g/mol. The van der Waals surface area contributed by atoms with Gasteiger partial charge in [0, 0.05) is 23.8 Å². The quantitative estimate of drug-likeness (QED) is 0.0771. The van der Waals surface area contributed by atoms with Gasteiger partial charge in [-0.2, -0.15) is 0 Å². The lowest BCUT2D eigenvalue weighted by Crippen LogP contribution is -2.60. The van der Waals surface area contributed by atoms with Crippen molar-refractivity contribution < 1.29 is 69.0 Å². The molecule has 1 aliphatic rings. The lowest BCUT2D eigenvalue weighted by Gasteiger charge is -2.39. The van der Waals surface area contributed by atoms with E-state index < -0.39 is 77.1 Å². The largest absolute Gasteiger partial charge is 0.508 e. The molecule has 0 saturated carbocycles. The SMILES string of the molecule is COc1cc(-c2oc3cc(O)cc(O)c3c(=O)c2O[C@H]2O[C@@H](COC(=O)C=Cc3ccc(O)c(O)c3)[C@@H](O)[C@@H](O)[C@@H]2O)ccc1O. The lowest BCUT2D eigenvalue weighted by molar-refractivity contribution is -0.278. The molecule has 15 heteroatoms. The molecule has 0 aliphatic carbocycles. The van der Waals surface area contributed by atoms with E-state index in [2.05, 4.69) is 0 Å². The molecule has 2 heterocycles. The molecule has 15 nitrogen and oxygen atoms in total. The first kappa shape index (κ1) is 31.9. The Morgan fingerprint density at radius 3 is 2.33 bits per heavy atom. The summed E-state index contributed by atoms with van der Waals surface area (Å²) in [5, 5.41) is 80.8. The first-order valence-electron chi connectivity index (χ1n) is 13.5. The molecular formula is C31H28O15. The molecule has 1 saturated heterocycles. The number of ether oxygens (including phenoxy) is 4. The van der Waals surface area contributed by atoms with Crippen LogP contribution in [0.4, 0.5) is 0 Å². The zero-order valence-corrected chi connectivity index (χ0v) is 23.8. The van der Waals surface area contributed by atoms with Crippen molar-refractivity contribution in [1.82, 2.24) is 0 Å². The predicted molar refractivity (Wildman–Crippen MR) is 157 cm³/mol. The van der Waals surface area contributed by atoms with Crippen molar-refractivity contribution in [2.24, 2.45) is 0 Å². The predicted octanol–water partition coefficient (Wildman–Crippen LogP) is 1.44. The summed E-state index contributed by atoms with van der Waals surface area (Å²) in [5.74, 6) is -3.98. The van der Waals surface area contributed by atoms with Crippen LogP contribution in [0.1, 0.15) is 5.56 Å². The van der Waals surface area contributed by atoms with Crippen molar-refractivity contribution in [2.45, 2.75) is 30.7 Å². The Morgan fingerprint density at radius 2 is 1.61 bits per heavy atom. The Kier molecular flexibility index (Phi) is 8.93. The summed E-state index contributed by atoms with van der Waals surface area (Å²) in [6, 6.07) is 9.65. The van der Waals surface area contributed by atoms with Crippen LogP contribution in [0.25, 0.3) is 28.4 Å². The number of phenolic OH excluding ortho intramolecular Hbond substituents is 5. The fraction of sp³-hybridized carbons (Fsp3) is 0.226. The second-order valence-electron chi connectivity index (χ2n) is 10.2. The van der Waals surface area contributed by atoms with Gasteiger partial charge < -0.3 is 64.2 Å². The summed E-state index contributed by atoms with van der Waals surface area (Å²) >= 11 is 0. The number of esters is 1. The van der Waals surface area contributed by atoms with E-state index in [0.29, 0.717) is 5.56 Å². The van der Waals surface area contributed by atoms with E-state index >= 15 is 0 Å². The number of carbonyl (C=O) groups excluding carboxylic acids is 1. The third kappa shape index (κ3) is 6.33. The number of methoxy groups -OCH3 is 1. The molecule has 0 spiro atoms. The van der Waals surface area contributed by atoms with Crippen molar-refractivity contribution >= 4 is 23.0 Å². The van der Waals surface area contributed by atoms with Gasteiger partial charge in [0.25, 0.3) is 0 Å². The standard InChI is InChI=1S/C31H28O15/c1-42-20-9-14(4-6-17(20)34)29-30(26(39)24-19(36)10-15(32)11-21(24)44-29)46-31-28(41)27(40)25(38)22(45-31)12-43-23(37)7-3-13-2-5-16(33)18(35)8-13/h2-11,22,25,27-28,31-36,38,40-41H,12H2,1H3/t22-,25+,27+,28-,31+/m0/s1. The number of phenols is 5. The molecule has 0 amide bonds. The lowest BCUT2D eigenvalue weighted by atomic mass is 9.99. The van der Waals surface area contributed by atoms with Gasteiger partial charge in [-0.1, -0.05) is 6.07 Å². The van der Waals surface area contributed by atoms with Crippen molar-refractivity contribution in [3.05, 3.63) is 70.4 Å². The smallest absolute Gasteiger partial charge is 0.330 e. The number of fused-ring (bicyclic) bond motifs is 1. The van der Waals surface area contributed by atoms with E-state index in [1.807, 2.05) is 0 Å². The zero-order valence-electron chi connectivity index (χ0n) is 23.8. The second-order valence-corrected chi connectivity index (χ2v) is 10.2. The highest BCUT2D eigenvalue weighted by atomic mass is 16.7. The molecule has 1 fully saturated rings. The van der Waals surface area contributed by atoms with Gasteiger partial charge in [0.15, 0.2) is 28.8 Å². The summed E-state index contributed by atoms with van der Waals surface area (Å²) in [6.07, 6.45) is -6.71. The van der Waals surface area contributed by atoms with Crippen LogP contribution in [0.3, 0.4) is 0 Å². The Bertz CT molecular complexity index is 1860. The summed E-state index contributed by atoms with van der Waals surface area (Å²) < 4.78 is 27.4. The van der Waals surface area contributed by atoms with E-state index in [0.717, 1.165) is 18.2 Å². The maximum Gasteiger partial charge on any atom is 0.330 e. The molecule has 242 valence electrons. The number of hydrogen-bond acceptors (Lipinski definition) is 15. The van der Waals surface area contributed by atoms with Gasteiger partial charge >= 0.3 is 5.97 Å². The Morgan fingerprint density at radius 1 is 0.870 bits per heavy atom. The van der Waals surface area contributed by atoms with Gasteiger partial charge in [-0.25, -0.2) is 4.79 Å². The Labute approximate surface area is 258 Å². The molecule has 46 heavy (non-hydrogen) atoms. The average Bonchev–Trinajstić information content (AvgIpc) is 3.02. The highest BCUT2D eigenvalue weighted by Crippen LogP contribution is 2.39. The number of aliphatic hydroxyl groups is 3. The van der Waals surface area contributed by atoms with Gasteiger partial charge in [-0.15, -0.1) is 0 Å². The molecule has 1 aromatic heterocycles. The van der Waals surface area contributed by atoms with E-state index in [4.69, 9.17) is 23.4 Å². The minimum absolute atomic E-state index is 0.0180. The highest BCUT2D eigenvalue weighted by Gasteiger charge is 2.46. The van der Waals surface area contributed by atoms with Crippen LogP contribution in [0.5, 0.6) is 40.2 Å². The molecular weight excluding hydrogens is 612 g/mol. The Balaban J connectivity index is 1.44. The zero-order chi connectivity index (χ0) is 33.3. The maximum atomic E-state index is 13.7. The first-order chi connectivity index (χ1) is 21.9. The van der Waals surface area contributed by atoms with Gasteiger partial charge in [-0.3, -0.25) is 4.79 Å². The molecule has 0 bridgehead atoms. The molecule has 5 rings (SSSR count). The Hall–Kier alpha value is -5.48. The molecule has 5 atom stereocenters. The molecule has 1 aliphatic heterocycles. The molecule has 4 aromatic rings. The normalized spacial score (nSPS) is 21.3. The minimum atomic E-state index is -1.95. The summed E-state index contributed by atoms with van der Waals surface area (Å²) in [6.45, 7) is -0.650. The van der Waals surface area contributed by atoms with Gasteiger partial charge in [0.1, 0.15) is 53.5 Å². The van der Waals surface area contributed by atoms with E-state index in [1.54, 1.807) is 0 Å². The van der Waals surface area contributed by atoms with Crippen LogP contribution in [0.15, 0.2) is 63.8 Å². The highest BCUT2D eigenvalue weighted by molar-refractivity contribution is 5.88. The summed E-state index contributed by atoms with van der Waals surface area (Å²) in [5.41, 5.74) is -0.772. The topological polar surface area (TPSA) is 246 Å². The third-order valence-electron chi connectivity index (χ3n) is 7.06. The van der Waals surface area contributed by atoms with Crippen LogP contribution in [0.2, 0.25) is 0 Å². The number of carbonyl (C=O) groups is 1. The van der Waals surface area contributed by atoms with Gasteiger partial charge in [0.2, 0.25) is 17.5 Å². The van der Waals surface area contributed by atoms with Crippen LogP contribution in [-0.2, 0) is 14.3 Å². The third-order valence-corrected chi connectivity index (χ3v) is 7.06. The van der Waals surface area contributed by atoms with Gasteiger partial charge in [-0.05, 0) is 42.0 Å². The summed E-state index contributed by atoms with van der Waals surface area (Å²) in [7, 11) is 1.28. The van der Waals surface area contributed by atoms with E-state index in [1.165, 1.54) is 49.6 Å². The van der Waals surface area contributed by atoms with Crippen molar-refractivity contribution in [2.75, 3.05) is 13.7 Å². The van der Waals surface area contributed by atoms with E-state index in [-0.39, 0.29) is 34.2 Å². The molecule has 0 unspecified atom stereocenters. The number of benzene rings is 3. The fourth-order valence-electron chi connectivity index (χ4n) is 4.67. The minimum Gasteiger partial charge on any atom is -0.508 e. The van der Waals surface area contributed by atoms with Crippen molar-refractivity contribution in [3.63, 3.8) is 0 Å². The number of rotatable bonds is 8. The monoisotopic (exact) mass is 640 g/mol. The summed E-state index contributed by atoms with van der Waals surface area (Å²) in [4.78, 5) is 26.0. The first-order valence-corrected chi connectivity index (χ1v) is 13.5. The number of aromatic hydroxyl groups is 5. The molecule has 3 aromatic carbocycles. The number of aliphatic hydroxyl groups excluding tert-OH is 3. The van der Waals surface area contributed by atoms with Crippen LogP contribution in [0, 0.1) is 0 Å². The molecule has 8 N–H and O–H groups in total. The molecule has 0 radical (unpaired) electrons. The second kappa shape index (κ2) is 12.9. The van der Waals surface area contributed by atoms with Crippen LogP contribution in [-0.4, -0.2) is 91.2 Å². The van der Waals surface area contributed by atoms with E-state index in [9.17, 15) is 50.4 Å². The van der Waals surface area contributed by atoms with Gasteiger partial charge in [0.05, 0.1) is 7.11 Å². The fourth-order valence-corrected chi connectivity index (χ4v) is 4.67.